The summed E-state index contributed by atoms with van der Waals surface area (Å²) in [7, 11) is 0. The van der Waals surface area contributed by atoms with E-state index in [9.17, 15) is 9.59 Å². The lowest BCUT2D eigenvalue weighted by atomic mass is 10.0. The van der Waals surface area contributed by atoms with Crippen molar-refractivity contribution in [2.45, 2.75) is 39.2 Å². The third-order valence-corrected chi connectivity index (χ3v) is 5.65. The van der Waals surface area contributed by atoms with Crippen molar-refractivity contribution in [1.82, 2.24) is 15.1 Å². The van der Waals surface area contributed by atoms with Gasteiger partial charge in [-0.3, -0.25) is 14.5 Å². The van der Waals surface area contributed by atoms with Crippen molar-refractivity contribution in [1.29, 1.82) is 0 Å². The van der Waals surface area contributed by atoms with E-state index in [4.69, 9.17) is 0 Å². The number of hydrogen-bond acceptors (Lipinski definition) is 3. The van der Waals surface area contributed by atoms with E-state index in [-0.39, 0.29) is 11.8 Å². The van der Waals surface area contributed by atoms with Crippen molar-refractivity contribution < 1.29 is 9.59 Å². The first-order chi connectivity index (χ1) is 14.5. The Balaban J connectivity index is 1.34. The second-order valence-electron chi connectivity index (χ2n) is 8.32. The highest BCUT2D eigenvalue weighted by Gasteiger charge is 2.21. The maximum Gasteiger partial charge on any atom is 0.224 e. The number of rotatable bonds is 8. The van der Waals surface area contributed by atoms with Crippen LogP contribution in [0, 0.1) is 0 Å². The third-order valence-electron chi connectivity index (χ3n) is 5.65. The second kappa shape index (κ2) is 10.9. The van der Waals surface area contributed by atoms with Crippen LogP contribution in [0.1, 0.15) is 42.9 Å². The summed E-state index contributed by atoms with van der Waals surface area (Å²) in [5, 5.41) is 2.86. The Morgan fingerprint density at radius 2 is 1.57 bits per heavy atom. The maximum absolute atomic E-state index is 12.5. The summed E-state index contributed by atoms with van der Waals surface area (Å²) in [5.41, 5.74) is 3.67. The second-order valence-corrected chi connectivity index (χ2v) is 8.32. The van der Waals surface area contributed by atoms with Crippen LogP contribution in [-0.2, 0) is 22.6 Å². The van der Waals surface area contributed by atoms with Gasteiger partial charge in [-0.1, -0.05) is 68.4 Å². The standard InChI is InChI=1S/C25H33N3O2/c1-20(2)23-10-8-22(9-11-23)19-27-14-16-28(17-15-27)25(30)12-13-26-24(29)18-21-6-4-3-5-7-21/h3-11,20H,12-19H2,1-2H3,(H,26,29). The average Bonchev–Trinajstić information content (AvgIpc) is 2.75. The summed E-state index contributed by atoms with van der Waals surface area (Å²) in [6.07, 6.45) is 0.711. The smallest absolute Gasteiger partial charge is 0.224 e. The van der Waals surface area contributed by atoms with Gasteiger partial charge in [-0.05, 0) is 22.6 Å². The quantitative estimate of drug-likeness (QED) is 0.731. The molecule has 5 heteroatoms. The van der Waals surface area contributed by atoms with Gasteiger partial charge in [0.25, 0.3) is 0 Å². The number of nitrogens with zero attached hydrogens (tertiary/aromatic N) is 2. The molecule has 2 amide bonds. The molecule has 2 aromatic carbocycles. The molecule has 1 saturated heterocycles. The van der Waals surface area contributed by atoms with Gasteiger partial charge in [0, 0.05) is 45.7 Å². The zero-order valence-electron chi connectivity index (χ0n) is 18.1. The van der Waals surface area contributed by atoms with Gasteiger partial charge in [0.15, 0.2) is 0 Å². The molecule has 0 bridgehead atoms. The molecular formula is C25H33N3O2. The summed E-state index contributed by atoms with van der Waals surface area (Å²) >= 11 is 0. The summed E-state index contributed by atoms with van der Waals surface area (Å²) in [4.78, 5) is 28.8. The Bertz CT molecular complexity index is 810. The highest BCUT2D eigenvalue weighted by molar-refractivity contribution is 5.80. The number of carbonyl (C=O) groups is 2. The summed E-state index contributed by atoms with van der Waals surface area (Å²) in [6.45, 7) is 9.01. The van der Waals surface area contributed by atoms with E-state index in [1.54, 1.807) is 0 Å². The van der Waals surface area contributed by atoms with Crippen molar-refractivity contribution in [2.75, 3.05) is 32.7 Å². The van der Waals surface area contributed by atoms with Crippen molar-refractivity contribution in [2.24, 2.45) is 0 Å². The molecule has 1 aliphatic rings. The molecule has 0 spiro atoms. The first-order valence-electron chi connectivity index (χ1n) is 10.9. The Labute approximate surface area is 180 Å². The van der Waals surface area contributed by atoms with Crippen LogP contribution in [0.5, 0.6) is 0 Å². The van der Waals surface area contributed by atoms with Crippen molar-refractivity contribution in [3.8, 4) is 0 Å². The van der Waals surface area contributed by atoms with Gasteiger partial charge in [0.1, 0.15) is 0 Å². The molecule has 2 aromatic rings. The summed E-state index contributed by atoms with van der Waals surface area (Å²) in [5.74, 6) is 0.634. The molecule has 160 valence electrons. The molecule has 5 nitrogen and oxygen atoms in total. The van der Waals surface area contributed by atoms with Gasteiger partial charge in [-0.15, -0.1) is 0 Å². The number of nitrogens with one attached hydrogen (secondary N) is 1. The Hall–Kier alpha value is -2.66. The molecule has 1 heterocycles. The fourth-order valence-corrected chi connectivity index (χ4v) is 3.73. The highest BCUT2D eigenvalue weighted by Crippen LogP contribution is 2.16. The molecule has 1 N–H and O–H groups in total. The van der Waals surface area contributed by atoms with E-state index in [0.717, 1.165) is 38.3 Å². The molecule has 3 rings (SSSR count). The van der Waals surface area contributed by atoms with Crippen molar-refractivity contribution in [3.63, 3.8) is 0 Å². The first kappa shape index (κ1) is 22.0. The van der Waals surface area contributed by atoms with E-state index < -0.39 is 0 Å². The van der Waals surface area contributed by atoms with Crippen LogP contribution in [0.25, 0.3) is 0 Å². The van der Waals surface area contributed by atoms with E-state index >= 15 is 0 Å². The lowest BCUT2D eigenvalue weighted by Gasteiger charge is -2.35. The molecular weight excluding hydrogens is 374 g/mol. The molecule has 0 aliphatic carbocycles. The fourth-order valence-electron chi connectivity index (χ4n) is 3.73. The minimum absolute atomic E-state index is 0.0395. The molecule has 0 aromatic heterocycles. The van der Waals surface area contributed by atoms with Gasteiger partial charge < -0.3 is 10.2 Å². The predicted octanol–water partition coefficient (Wildman–Crippen LogP) is 3.20. The lowest BCUT2D eigenvalue weighted by molar-refractivity contribution is -0.133. The molecule has 0 unspecified atom stereocenters. The molecule has 0 radical (unpaired) electrons. The molecule has 1 fully saturated rings. The van der Waals surface area contributed by atoms with Gasteiger partial charge in [0.05, 0.1) is 6.42 Å². The van der Waals surface area contributed by atoms with Crippen LogP contribution in [0.3, 0.4) is 0 Å². The number of benzene rings is 2. The van der Waals surface area contributed by atoms with Crippen LogP contribution in [0.2, 0.25) is 0 Å². The highest BCUT2D eigenvalue weighted by atomic mass is 16.2. The SMILES string of the molecule is CC(C)c1ccc(CN2CCN(C(=O)CCNC(=O)Cc3ccccc3)CC2)cc1. The van der Waals surface area contributed by atoms with E-state index in [2.05, 4.69) is 48.3 Å². The minimum Gasteiger partial charge on any atom is -0.355 e. The van der Waals surface area contributed by atoms with E-state index in [0.29, 0.717) is 25.3 Å². The topological polar surface area (TPSA) is 52.6 Å². The minimum atomic E-state index is -0.0395. The largest absolute Gasteiger partial charge is 0.355 e. The van der Waals surface area contributed by atoms with Crippen LogP contribution < -0.4 is 5.32 Å². The van der Waals surface area contributed by atoms with Crippen LogP contribution >= 0.6 is 0 Å². The molecule has 0 saturated carbocycles. The Morgan fingerprint density at radius 1 is 0.900 bits per heavy atom. The van der Waals surface area contributed by atoms with Crippen LogP contribution in [0.4, 0.5) is 0 Å². The zero-order chi connectivity index (χ0) is 21.3. The third kappa shape index (κ3) is 6.70. The van der Waals surface area contributed by atoms with Crippen molar-refractivity contribution in [3.05, 3.63) is 71.3 Å². The Morgan fingerprint density at radius 3 is 2.20 bits per heavy atom. The van der Waals surface area contributed by atoms with Gasteiger partial charge in [-0.25, -0.2) is 0 Å². The van der Waals surface area contributed by atoms with Crippen LogP contribution in [-0.4, -0.2) is 54.3 Å². The van der Waals surface area contributed by atoms with Crippen molar-refractivity contribution >= 4 is 11.8 Å². The van der Waals surface area contributed by atoms with E-state index in [1.807, 2.05) is 35.2 Å². The monoisotopic (exact) mass is 407 g/mol. The van der Waals surface area contributed by atoms with Crippen LogP contribution in [0.15, 0.2) is 54.6 Å². The number of amides is 2. The number of hydrogen-bond donors (Lipinski definition) is 1. The van der Waals surface area contributed by atoms with Gasteiger partial charge >= 0.3 is 0 Å². The lowest BCUT2D eigenvalue weighted by Crippen LogP contribution is -2.48. The van der Waals surface area contributed by atoms with E-state index in [1.165, 1.54) is 11.1 Å². The Kier molecular flexibility index (Phi) is 8.03. The molecule has 30 heavy (non-hydrogen) atoms. The number of piperazine rings is 1. The summed E-state index contributed by atoms with van der Waals surface area (Å²) < 4.78 is 0. The molecule has 0 atom stereocenters. The first-order valence-corrected chi connectivity index (χ1v) is 10.9. The average molecular weight is 408 g/mol. The zero-order valence-corrected chi connectivity index (χ0v) is 18.1. The van der Waals surface area contributed by atoms with Gasteiger partial charge in [0.2, 0.25) is 11.8 Å². The predicted molar refractivity (Wildman–Crippen MR) is 120 cm³/mol. The maximum atomic E-state index is 12.5. The molecule has 1 aliphatic heterocycles. The normalized spacial score (nSPS) is 14.7. The summed E-state index contributed by atoms with van der Waals surface area (Å²) in [6, 6.07) is 18.5. The fraction of sp³-hybridized carbons (Fsp3) is 0.440. The van der Waals surface area contributed by atoms with Gasteiger partial charge in [-0.2, -0.15) is 0 Å². The number of carbonyl (C=O) groups excluding carboxylic acids is 2.